The van der Waals surface area contributed by atoms with E-state index in [2.05, 4.69) is 5.48 Å². The number of benzene rings is 1. The van der Waals surface area contributed by atoms with E-state index in [1.54, 1.807) is 13.0 Å². The van der Waals surface area contributed by atoms with Crippen molar-refractivity contribution in [1.29, 1.82) is 0 Å². The Morgan fingerprint density at radius 1 is 1.43 bits per heavy atom. The standard InChI is InChI=1S/C13H11ClN2O5/c1-2-20-15-13(17)12-6-5-11(21-12)9-4-3-8(16(18)19)7-10(9)14/h3-7H,2H2,1H3,(H,15,17). The fourth-order valence-electron chi connectivity index (χ4n) is 1.61. The Morgan fingerprint density at radius 2 is 2.19 bits per heavy atom. The molecule has 1 aromatic heterocycles. The summed E-state index contributed by atoms with van der Waals surface area (Å²) in [7, 11) is 0. The Morgan fingerprint density at radius 3 is 2.81 bits per heavy atom. The molecule has 0 aliphatic rings. The first-order valence-corrected chi connectivity index (χ1v) is 6.37. The molecule has 2 aromatic rings. The Kier molecular flexibility index (Phi) is 4.56. The molecule has 0 aliphatic heterocycles. The van der Waals surface area contributed by atoms with Crippen molar-refractivity contribution in [2.24, 2.45) is 0 Å². The summed E-state index contributed by atoms with van der Waals surface area (Å²) < 4.78 is 5.36. The van der Waals surface area contributed by atoms with Gasteiger partial charge in [0.15, 0.2) is 5.76 Å². The third-order valence-electron chi connectivity index (χ3n) is 2.57. The Balaban J connectivity index is 2.25. The highest BCUT2D eigenvalue weighted by Gasteiger charge is 2.16. The number of rotatable bonds is 5. The van der Waals surface area contributed by atoms with Crippen molar-refractivity contribution >= 4 is 23.2 Å². The molecule has 0 bridgehead atoms. The number of nitrogens with one attached hydrogen (secondary N) is 1. The lowest BCUT2D eigenvalue weighted by atomic mass is 10.1. The maximum Gasteiger partial charge on any atom is 0.310 e. The number of hydrogen-bond acceptors (Lipinski definition) is 5. The fourth-order valence-corrected chi connectivity index (χ4v) is 1.88. The normalized spacial score (nSPS) is 10.4. The zero-order valence-electron chi connectivity index (χ0n) is 11.0. The number of hydrogen-bond donors (Lipinski definition) is 1. The van der Waals surface area contributed by atoms with Crippen LogP contribution in [0.2, 0.25) is 5.02 Å². The van der Waals surface area contributed by atoms with E-state index in [4.69, 9.17) is 20.9 Å². The monoisotopic (exact) mass is 310 g/mol. The van der Waals surface area contributed by atoms with Gasteiger partial charge >= 0.3 is 5.91 Å². The van der Waals surface area contributed by atoms with Gasteiger partial charge in [-0.15, -0.1) is 0 Å². The van der Waals surface area contributed by atoms with E-state index in [1.165, 1.54) is 24.3 Å². The van der Waals surface area contributed by atoms with Crippen molar-refractivity contribution in [3.63, 3.8) is 0 Å². The van der Waals surface area contributed by atoms with Crippen LogP contribution in [-0.2, 0) is 4.84 Å². The van der Waals surface area contributed by atoms with Gasteiger partial charge in [-0.2, -0.15) is 0 Å². The smallest absolute Gasteiger partial charge is 0.310 e. The third kappa shape index (κ3) is 3.39. The molecule has 0 fully saturated rings. The van der Waals surface area contributed by atoms with Crippen LogP contribution in [0.5, 0.6) is 0 Å². The summed E-state index contributed by atoms with van der Waals surface area (Å²) in [6.45, 7) is 2.05. The second-order valence-corrected chi connectivity index (χ2v) is 4.36. The largest absolute Gasteiger partial charge is 0.451 e. The van der Waals surface area contributed by atoms with E-state index < -0.39 is 10.8 Å². The minimum absolute atomic E-state index is 0.0490. The highest BCUT2D eigenvalue weighted by molar-refractivity contribution is 6.33. The highest BCUT2D eigenvalue weighted by atomic mass is 35.5. The fraction of sp³-hybridized carbons (Fsp3) is 0.154. The van der Waals surface area contributed by atoms with E-state index in [1.807, 2.05) is 0 Å². The summed E-state index contributed by atoms with van der Waals surface area (Å²) in [5, 5.41) is 10.8. The molecule has 0 saturated carbocycles. The number of furan rings is 1. The van der Waals surface area contributed by atoms with Crippen molar-refractivity contribution in [3.8, 4) is 11.3 Å². The van der Waals surface area contributed by atoms with Gasteiger partial charge in [0.2, 0.25) is 0 Å². The number of nitro benzene ring substituents is 1. The first-order valence-electron chi connectivity index (χ1n) is 5.99. The molecule has 1 heterocycles. The molecule has 110 valence electrons. The Bertz CT molecular complexity index is 683. The molecular formula is C13H11ClN2O5. The molecule has 0 radical (unpaired) electrons. The van der Waals surface area contributed by atoms with Crippen molar-refractivity contribution in [2.75, 3.05) is 6.61 Å². The van der Waals surface area contributed by atoms with Crippen LogP contribution in [0, 0.1) is 10.1 Å². The number of amides is 1. The van der Waals surface area contributed by atoms with Gasteiger partial charge < -0.3 is 4.42 Å². The molecule has 1 amide bonds. The van der Waals surface area contributed by atoms with E-state index >= 15 is 0 Å². The number of non-ortho nitro benzene ring substituents is 1. The van der Waals surface area contributed by atoms with Crippen LogP contribution in [0.15, 0.2) is 34.7 Å². The second-order valence-electron chi connectivity index (χ2n) is 3.95. The van der Waals surface area contributed by atoms with Crippen LogP contribution in [0.1, 0.15) is 17.5 Å². The van der Waals surface area contributed by atoms with Gasteiger partial charge in [-0.05, 0) is 25.1 Å². The molecular weight excluding hydrogens is 300 g/mol. The number of nitrogens with zero attached hydrogens (tertiary/aromatic N) is 1. The average molecular weight is 311 g/mol. The predicted octanol–water partition coefficient (Wildman–Crippen LogP) is 3.19. The molecule has 7 nitrogen and oxygen atoms in total. The van der Waals surface area contributed by atoms with Crippen molar-refractivity contribution in [3.05, 3.63) is 51.2 Å². The molecule has 2 rings (SSSR count). The zero-order valence-corrected chi connectivity index (χ0v) is 11.7. The van der Waals surface area contributed by atoms with Crippen molar-refractivity contribution in [2.45, 2.75) is 6.92 Å². The van der Waals surface area contributed by atoms with Crippen LogP contribution in [0.25, 0.3) is 11.3 Å². The number of nitro groups is 1. The third-order valence-corrected chi connectivity index (χ3v) is 2.88. The van der Waals surface area contributed by atoms with Crippen LogP contribution in [0.4, 0.5) is 5.69 Å². The number of halogens is 1. The highest BCUT2D eigenvalue weighted by Crippen LogP contribution is 2.32. The average Bonchev–Trinajstić information content (AvgIpc) is 2.94. The molecule has 1 N–H and O–H groups in total. The molecule has 0 saturated heterocycles. The summed E-state index contributed by atoms with van der Waals surface area (Å²) in [5.41, 5.74) is 2.53. The maximum atomic E-state index is 11.6. The minimum atomic E-state index is -0.543. The first kappa shape index (κ1) is 15.0. The lowest BCUT2D eigenvalue weighted by molar-refractivity contribution is -0.384. The van der Waals surface area contributed by atoms with E-state index in [9.17, 15) is 14.9 Å². The van der Waals surface area contributed by atoms with Gasteiger partial charge in [-0.3, -0.25) is 19.7 Å². The summed E-state index contributed by atoms with van der Waals surface area (Å²) >= 11 is 5.99. The SMILES string of the molecule is CCONC(=O)c1ccc(-c2ccc([N+](=O)[O-])cc2Cl)o1. The maximum absolute atomic E-state index is 11.6. The Labute approximate surface area is 124 Å². The Hall–Kier alpha value is -2.38. The van der Waals surface area contributed by atoms with Gasteiger partial charge in [-0.1, -0.05) is 11.6 Å². The van der Waals surface area contributed by atoms with E-state index in [0.29, 0.717) is 17.9 Å². The second kappa shape index (κ2) is 6.38. The van der Waals surface area contributed by atoms with Crippen LogP contribution >= 0.6 is 11.6 Å². The van der Waals surface area contributed by atoms with E-state index in [-0.39, 0.29) is 16.5 Å². The van der Waals surface area contributed by atoms with Gasteiger partial charge in [0.05, 0.1) is 16.6 Å². The van der Waals surface area contributed by atoms with Crippen LogP contribution in [-0.4, -0.2) is 17.4 Å². The summed E-state index contributed by atoms with van der Waals surface area (Å²) in [6.07, 6.45) is 0. The number of hydroxylamine groups is 1. The quantitative estimate of drug-likeness (QED) is 0.676. The summed E-state index contributed by atoms with van der Waals surface area (Å²) in [4.78, 5) is 26.5. The molecule has 0 unspecified atom stereocenters. The summed E-state index contributed by atoms with van der Waals surface area (Å²) in [5.74, 6) is -0.148. The molecule has 0 aliphatic carbocycles. The molecule has 8 heteroatoms. The summed E-state index contributed by atoms with van der Waals surface area (Å²) in [6, 6.07) is 7.00. The first-order chi connectivity index (χ1) is 10.0. The lowest BCUT2D eigenvalue weighted by Gasteiger charge is -2.02. The van der Waals surface area contributed by atoms with Gasteiger partial charge in [0.25, 0.3) is 5.69 Å². The van der Waals surface area contributed by atoms with Crippen LogP contribution in [0.3, 0.4) is 0 Å². The van der Waals surface area contributed by atoms with Gasteiger partial charge in [0.1, 0.15) is 5.76 Å². The zero-order chi connectivity index (χ0) is 15.4. The predicted molar refractivity (Wildman–Crippen MR) is 74.9 cm³/mol. The van der Waals surface area contributed by atoms with Gasteiger partial charge in [0, 0.05) is 17.7 Å². The van der Waals surface area contributed by atoms with E-state index in [0.717, 1.165) is 0 Å². The topological polar surface area (TPSA) is 94.6 Å². The minimum Gasteiger partial charge on any atom is -0.451 e. The molecule has 0 atom stereocenters. The van der Waals surface area contributed by atoms with Crippen molar-refractivity contribution < 1.29 is 19.0 Å². The van der Waals surface area contributed by atoms with Crippen LogP contribution < -0.4 is 5.48 Å². The number of carbonyl (C=O) groups is 1. The van der Waals surface area contributed by atoms with Crippen molar-refractivity contribution in [1.82, 2.24) is 5.48 Å². The molecule has 0 spiro atoms. The van der Waals surface area contributed by atoms with Gasteiger partial charge in [-0.25, -0.2) is 5.48 Å². The molecule has 1 aromatic carbocycles. The lowest BCUT2D eigenvalue weighted by Crippen LogP contribution is -2.22. The number of carbonyl (C=O) groups excluding carboxylic acids is 1. The molecule has 21 heavy (non-hydrogen) atoms.